The molecule has 3 aromatic rings. The number of hydrogen-bond donors (Lipinski definition) is 2. The van der Waals surface area contributed by atoms with E-state index in [2.05, 4.69) is 23.3 Å². The van der Waals surface area contributed by atoms with Crippen LogP contribution in [0.2, 0.25) is 5.02 Å². The molecule has 25 heavy (non-hydrogen) atoms. The van der Waals surface area contributed by atoms with E-state index in [4.69, 9.17) is 17.3 Å². The number of hydrogen-bond acceptors (Lipinski definition) is 3. The summed E-state index contributed by atoms with van der Waals surface area (Å²) in [4.78, 5) is 16.0. The SMILES string of the molecule is CCC[C@@H](Nc1ccnc2c(C(N)=O)cccc12)c1cccc(Cl)c1. The first-order valence-electron chi connectivity index (χ1n) is 8.29. The number of rotatable bonds is 6. The zero-order chi connectivity index (χ0) is 17.8. The van der Waals surface area contributed by atoms with E-state index in [1.807, 2.05) is 36.4 Å². The molecule has 2 aromatic carbocycles. The summed E-state index contributed by atoms with van der Waals surface area (Å²) >= 11 is 6.15. The predicted octanol–water partition coefficient (Wildman–Crippen LogP) is 4.94. The normalized spacial score (nSPS) is 12.1. The number of benzene rings is 2. The number of anilines is 1. The van der Waals surface area contributed by atoms with Crippen molar-refractivity contribution in [1.29, 1.82) is 0 Å². The maximum Gasteiger partial charge on any atom is 0.250 e. The van der Waals surface area contributed by atoms with Crippen LogP contribution in [0.3, 0.4) is 0 Å². The Bertz CT molecular complexity index is 910. The lowest BCUT2D eigenvalue weighted by atomic mass is 10.0. The van der Waals surface area contributed by atoms with E-state index < -0.39 is 5.91 Å². The maximum absolute atomic E-state index is 11.7. The average molecular weight is 354 g/mol. The first kappa shape index (κ1) is 17.2. The van der Waals surface area contributed by atoms with Crippen molar-refractivity contribution in [2.45, 2.75) is 25.8 Å². The molecular weight excluding hydrogens is 334 g/mol. The Morgan fingerprint density at radius 3 is 2.76 bits per heavy atom. The van der Waals surface area contributed by atoms with Gasteiger partial charge < -0.3 is 11.1 Å². The van der Waals surface area contributed by atoms with E-state index in [0.717, 1.165) is 34.5 Å². The molecule has 1 aromatic heterocycles. The van der Waals surface area contributed by atoms with Gasteiger partial charge in [0.15, 0.2) is 0 Å². The number of halogens is 1. The molecule has 1 atom stereocenters. The minimum absolute atomic E-state index is 0.117. The zero-order valence-corrected chi connectivity index (χ0v) is 14.8. The molecule has 0 aliphatic carbocycles. The van der Waals surface area contributed by atoms with Crippen molar-refractivity contribution >= 4 is 34.1 Å². The molecule has 0 fully saturated rings. The Kier molecular flexibility index (Phi) is 5.19. The van der Waals surface area contributed by atoms with Gasteiger partial charge in [0.1, 0.15) is 0 Å². The van der Waals surface area contributed by atoms with Gasteiger partial charge in [-0.25, -0.2) is 0 Å². The lowest BCUT2D eigenvalue weighted by Crippen LogP contribution is -2.13. The van der Waals surface area contributed by atoms with Crippen LogP contribution in [0.1, 0.15) is 41.7 Å². The average Bonchev–Trinajstić information content (AvgIpc) is 2.61. The van der Waals surface area contributed by atoms with Gasteiger partial charge in [-0.2, -0.15) is 0 Å². The summed E-state index contributed by atoms with van der Waals surface area (Å²) in [6, 6.07) is 15.4. The molecule has 0 saturated heterocycles. The molecule has 4 nitrogen and oxygen atoms in total. The maximum atomic E-state index is 11.7. The summed E-state index contributed by atoms with van der Waals surface area (Å²) in [5, 5.41) is 5.18. The Morgan fingerprint density at radius 2 is 2.04 bits per heavy atom. The van der Waals surface area contributed by atoms with Gasteiger partial charge in [0.2, 0.25) is 0 Å². The first-order valence-corrected chi connectivity index (χ1v) is 8.67. The second-order valence-corrected chi connectivity index (χ2v) is 6.40. The lowest BCUT2D eigenvalue weighted by Gasteiger charge is -2.21. The molecule has 1 amide bonds. The number of nitrogens with one attached hydrogen (secondary N) is 1. The molecule has 5 heteroatoms. The third-order valence-corrected chi connectivity index (χ3v) is 4.43. The fourth-order valence-corrected chi connectivity index (χ4v) is 3.22. The van der Waals surface area contributed by atoms with Crippen LogP contribution in [0.25, 0.3) is 10.9 Å². The highest BCUT2D eigenvalue weighted by molar-refractivity contribution is 6.30. The van der Waals surface area contributed by atoms with Crippen LogP contribution < -0.4 is 11.1 Å². The standard InChI is InChI=1S/C20H20ClN3O/c1-2-5-17(13-6-3-7-14(21)12-13)24-18-10-11-23-19-15(18)8-4-9-16(19)20(22)25/h3-4,6-12,17H,2,5H2,1H3,(H2,22,25)(H,23,24)/t17-/m1/s1. The van der Waals surface area contributed by atoms with E-state index in [1.54, 1.807) is 12.3 Å². The van der Waals surface area contributed by atoms with E-state index in [9.17, 15) is 4.79 Å². The summed E-state index contributed by atoms with van der Waals surface area (Å²) in [5.41, 5.74) is 8.56. The number of nitrogens with two attached hydrogens (primary N) is 1. The van der Waals surface area contributed by atoms with E-state index >= 15 is 0 Å². The molecule has 128 valence electrons. The minimum atomic E-state index is -0.477. The van der Waals surface area contributed by atoms with Gasteiger partial charge in [-0.15, -0.1) is 0 Å². The number of carbonyl (C=O) groups is 1. The van der Waals surface area contributed by atoms with Crippen LogP contribution in [0, 0.1) is 0 Å². The lowest BCUT2D eigenvalue weighted by molar-refractivity contribution is 0.100. The second kappa shape index (κ2) is 7.53. The Hall–Kier alpha value is -2.59. The third-order valence-electron chi connectivity index (χ3n) is 4.19. The highest BCUT2D eigenvalue weighted by Crippen LogP contribution is 2.30. The van der Waals surface area contributed by atoms with Crippen molar-refractivity contribution in [3.05, 3.63) is 70.9 Å². The summed E-state index contributed by atoms with van der Waals surface area (Å²) in [6.07, 6.45) is 3.68. The molecule has 0 radical (unpaired) electrons. The van der Waals surface area contributed by atoms with Gasteiger partial charge in [0.25, 0.3) is 5.91 Å². The highest BCUT2D eigenvalue weighted by atomic mass is 35.5. The Morgan fingerprint density at radius 1 is 1.24 bits per heavy atom. The van der Waals surface area contributed by atoms with Gasteiger partial charge in [-0.1, -0.05) is 49.2 Å². The predicted molar refractivity (Wildman–Crippen MR) is 103 cm³/mol. The molecule has 3 N–H and O–H groups in total. The molecule has 0 spiro atoms. The monoisotopic (exact) mass is 353 g/mol. The van der Waals surface area contributed by atoms with Gasteiger partial charge in [0.05, 0.1) is 17.1 Å². The first-order chi connectivity index (χ1) is 12.1. The van der Waals surface area contributed by atoms with Crippen LogP contribution in [-0.2, 0) is 0 Å². The summed E-state index contributed by atoms with van der Waals surface area (Å²) in [6.45, 7) is 2.15. The van der Waals surface area contributed by atoms with E-state index in [-0.39, 0.29) is 6.04 Å². The molecule has 0 saturated carbocycles. The van der Waals surface area contributed by atoms with Crippen LogP contribution >= 0.6 is 11.6 Å². The topological polar surface area (TPSA) is 68.0 Å². The third kappa shape index (κ3) is 3.74. The molecular formula is C20H20ClN3O. The number of nitrogens with zero attached hydrogens (tertiary/aromatic N) is 1. The van der Waals surface area contributed by atoms with Crippen LogP contribution in [0.5, 0.6) is 0 Å². The molecule has 0 unspecified atom stereocenters. The number of carbonyl (C=O) groups excluding carboxylic acids is 1. The summed E-state index contributed by atoms with van der Waals surface area (Å²) < 4.78 is 0. The zero-order valence-electron chi connectivity index (χ0n) is 14.0. The van der Waals surface area contributed by atoms with Crippen molar-refractivity contribution in [2.75, 3.05) is 5.32 Å². The Balaban J connectivity index is 2.03. The second-order valence-electron chi connectivity index (χ2n) is 5.97. The van der Waals surface area contributed by atoms with E-state index in [1.165, 1.54) is 0 Å². The van der Waals surface area contributed by atoms with Crippen molar-refractivity contribution < 1.29 is 4.79 Å². The minimum Gasteiger partial charge on any atom is -0.378 e. The number of primary amides is 1. The van der Waals surface area contributed by atoms with Crippen molar-refractivity contribution in [3.63, 3.8) is 0 Å². The molecule has 3 rings (SSSR count). The number of aromatic nitrogens is 1. The number of fused-ring (bicyclic) bond motifs is 1. The van der Waals surface area contributed by atoms with Crippen molar-refractivity contribution in [1.82, 2.24) is 4.98 Å². The molecule has 0 bridgehead atoms. The fraction of sp³-hybridized carbons (Fsp3) is 0.200. The van der Waals surface area contributed by atoms with Gasteiger partial charge in [-0.3, -0.25) is 9.78 Å². The Labute approximate surface area is 152 Å². The summed E-state index contributed by atoms with van der Waals surface area (Å²) in [5.74, 6) is -0.477. The van der Waals surface area contributed by atoms with Crippen LogP contribution in [-0.4, -0.2) is 10.9 Å². The fourth-order valence-electron chi connectivity index (χ4n) is 3.02. The summed E-state index contributed by atoms with van der Waals surface area (Å²) in [7, 11) is 0. The number of para-hydroxylation sites is 1. The number of pyridine rings is 1. The van der Waals surface area contributed by atoms with Gasteiger partial charge >= 0.3 is 0 Å². The van der Waals surface area contributed by atoms with Crippen LogP contribution in [0.15, 0.2) is 54.7 Å². The number of amides is 1. The molecule has 0 aliphatic heterocycles. The van der Waals surface area contributed by atoms with Gasteiger partial charge in [0, 0.05) is 22.3 Å². The smallest absolute Gasteiger partial charge is 0.250 e. The van der Waals surface area contributed by atoms with Gasteiger partial charge in [-0.05, 0) is 36.2 Å². The van der Waals surface area contributed by atoms with Crippen molar-refractivity contribution in [3.8, 4) is 0 Å². The molecule has 0 aliphatic rings. The highest BCUT2D eigenvalue weighted by Gasteiger charge is 2.15. The van der Waals surface area contributed by atoms with Crippen LogP contribution in [0.4, 0.5) is 5.69 Å². The quantitative estimate of drug-likeness (QED) is 0.659. The largest absolute Gasteiger partial charge is 0.378 e. The van der Waals surface area contributed by atoms with Crippen molar-refractivity contribution in [2.24, 2.45) is 5.73 Å². The van der Waals surface area contributed by atoms with E-state index in [0.29, 0.717) is 11.1 Å². The molecule has 1 heterocycles.